The maximum Gasteiger partial charge on any atom is 0.306 e. The molecular weight excluding hydrogens is 312 g/mol. The van der Waals surface area contributed by atoms with E-state index in [2.05, 4.69) is 31.2 Å². The quantitative estimate of drug-likeness (QED) is 0.255. The average molecular weight is 349 g/mol. The average Bonchev–Trinajstić information content (AvgIpc) is 2.90. The highest BCUT2D eigenvalue weighted by atomic mass is 16.5. The molecule has 0 aromatic rings. The molecule has 0 aliphatic heterocycles. The standard InChI is InChI=1S/C22H36O3/c1-4-5-6-7-8-10-13-19-16-17-21(23)20(19)14-11-9-12-15-22(24)25-18(2)3/h10-11,13-14,18-20H,4-9,12,15-17H2,1-3H3/b13-10+,14-11-. The van der Waals surface area contributed by atoms with Gasteiger partial charge in [-0.25, -0.2) is 0 Å². The lowest BCUT2D eigenvalue weighted by molar-refractivity contribution is -0.147. The van der Waals surface area contributed by atoms with Gasteiger partial charge in [0.15, 0.2) is 0 Å². The van der Waals surface area contributed by atoms with Crippen molar-refractivity contribution in [3.05, 3.63) is 24.3 Å². The van der Waals surface area contributed by atoms with Gasteiger partial charge in [0.05, 0.1) is 6.10 Å². The van der Waals surface area contributed by atoms with Gasteiger partial charge < -0.3 is 4.74 Å². The van der Waals surface area contributed by atoms with E-state index in [0.29, 0.717) is 24.5 Å². The van der Waals surface area contributed by atoms with Crippen LogP contribution >= 0.6 is 0 Å². The molecule has 0 radical (unpaired) electrons. The summed E-state index contributed by atoms with van der Waals surface area (Å²) in [5.74, 6) is 0.621. The van der Waals surface area contributed by atoms with Crippen molar-refractivity contribution in [2.24, 2.45) is 11.8 Å². The van der Waals surface area contributed by atoms with Gasteiger partial charge >= 0.3 is 5.97 Å². The molecule has 0 saturated heterocycles. The van der Waals surface area contributed by atoms with E-state index in [9.17, 15) is 9.59 Å². The van der Waals surface area contributed by atoms with Gasteiger partial charge in [-0.05, 0) is 51.9 Å². The first-order valence-electron chi connectivity index (χ1n) is 10.1. The van der Waals surface area contributed by atoms with E-state index in [0.717, 1.165) is 25.7 Å². The minimum Gasteiger partial charge on any atom is -0.463 e. The van der Waals surface area contributed by atoms with E-state index < -0.39 is 0 Å². The second-order valence-corrected chi connectivity index (χ2v) is 7.33. The molecule has 25 heavy (non-hydrogen) atoms. The third-order valence-electron chi connectivity index (χ3n) is 4.63. The van der Waals surface area contributed by atoms with Crippen LogP contribution in [0, 0.1) is 11.8 Å². The predicted octanol–water partition coefficient (Wildman–Crippen LogP) is 5.79. The maximum absolute atomic E-state index is 12.1. The predicted molar refractivity (Wildman–Crippen MR) is 103 cm³/mol. The number of ketones is 1. The number of esters is 1. The summed E-state index contributed by atoms with van der Waals surface area (Å²) >= 11 is 0. The Kier molecular flexibility index (Phi) is 11.2. The second kappa shape index (κ2) is 12.9. The zero-order valence-electron chi connectivity index (χ0n) is 16.3. The van der Waals surface area contributed by atoms with Gasteiger partial charge in [-0.3, -0.25) is 9.59 Å². The largest absolute Gasteiger partial charge is 0.463 e. The molecule has 0 aromatic heterocycles. The van der Waals surface area contributed by atoms with Gasteiger partial charge in [-0.2, -0.15) is 0 Å². The smallest absolute Gasteiger partial charge is 0.306 e. The molecule has 0 spiro atoms. The summed E-state index contributed by atoms with van der Waals surface area (Å²) < 4.78 is 5.12. The Morgan fingerprint density at radius 3 is 2.56 bits per heavy atom. The molecule has 0 N–H and O–H groups in total. The van der Waals surface area contributed by atoms with Crippen molar-refractivity contribution in [2.45, 2.75) is 91.1 Å². The van der Waals surface area contributed by atoms with E-state index in [1.807, 2.05) is 13.8 Å². The third-order valence-corrected chi connectivity index (χ3v) is 4.63. The van der Waals surface area contributed by atoms with Crippen LogP contribution in [0.25, 0.3) is 0 Å². The number of allylic oxidation sites excluding steroid dienone is 4. The fourth-order valence-corrected chi connectivity index (χ4v) is 3.25. The molecule has 0 bridgehead atoms. The molecule has 142 valence electrons. The third kappa shape index (κ3) is 9.62. The van der Waals surface area contributed by atoms with E-state index in [1.54, 1.807) is 0 Å². The molecule has 1 fully saturated rings. The molecule has 1 aliphatic carbocycles. The van der Waals surface area contributed by atoms with Crippen LogP contribution in [0.4, 0.5) is 0 Å². The fourth-order valence-electron chi connectivity index (χ4n) is 3.25. The number of carbonyl (C=O) groups is 2. The highest BCUT2D eigenvalue weighted by molar-refractivity contribution is 5.85. The van der Waals surface area contributed by atoms with Gasteiger partial charge in [0.1, 0.15) is 5.78 Å². The second-order valence-electron chi connectivity index (χ2n) is 7.33. The minimum absolute atomic E-state index is 0.0366. The van der Waals surface area contributed by atoms with Crippen LogP contribution in [-0.4, -0.2) is 17.9 Å². The first-order valence-corrected chi connectivity index (χ1v) is 10.1. The summed E-state index contributed by atoms with van der Waals surface area (Å²) in [5.41, 5.74) is 0. The monoisotopic (exact) mass is 348 g/mol. The fraction of sp³-hybridized carbons (Fsp3) is 0.727. The van der Waals surface area contributed by atoms with Crippen LogP contribution in [0.5, 0.6) is 0 Å². The Balaban J connectivity index is 2.30. The lowest BCUT2D eigenvalue weighted by Crippen LogP contribution is -2.11. The number of hydrogen-bond donors (Lipinski definition) is 0. The number of carbonyl (C=O) groups excluding carboxylic acids is 2. The Morgan fingerprint density at radius 2 is 1.84 bits per heavy atom. The van der Waals surface area contributed by atoms with Crippen LogP contribution in [0.3, 0.4) is 0 Å². The Morgan fingerprint density at radius 1 is 1.12 bits per heavy atom. The van der Waals surface area contributed by atoms with Crippen molar-refractivity contribution in [1.82, 2.24) is 0 Å². The minimum atomic E-state index is -0.135. The van der Waals surface area contributed by atoms with Crippen molar-refractivity contribution < 1.29 is 14.3 Å². The van der Waals surface area contributed by atoms with Gasteiger partial charge in [-0.1, -0.05) is 50.5 Å². The molecule has 2 unspecified atom stereocenters. The van der Waals surface area contributed by atoms with E-state index in [4.69, 9.17) is 4.74 Å². The lowest BCUT2D eigenvalue weighted by Gasteiger charge is -2.10. The summed E-state index contributed by atoms with van der Waals surface area (Å²) in [5, 5.41) is 0. The first-order chi connectivity index (χ1) is 12.0. The maximum atomic E-state index is 12.1. The van der Waals surface area contributed by atoms with Gasteiger partial charge in [0.25, 0.3) is 0 Å². The van der Waals surface area contributed by atoms with Gasteiger partial charge in [0, 0.05) is 18.8 Å². The van der Waals surface area contributed by atoms with Crippen LogP contribution in [-0.2, 0) is 14.3 Å². The molecule has 2 atom stereocenters. The molecular formula is C22H36O3. The van der Waals surface area contributed by atoms with Crippen molar-refractivity contribution in [1.29, 1.82) is 0 Å². The zero-order chi connectivity index (χ0) is 18.5. The highest BCUT2D eigenvalue weighted by Crippen LogP contribution is 2.31. The number of rotatable bonds is 12. The van der Waals surface area contributed by atoms with E-state index >= 15 is 0 Å². The Hall–Kier alpha value is -1.38. The van der Waals surface area contributed by atoms with E-state index in [1.165, 1.54) is 25.7 Å². The Labute approximate surface area is 153 Å². The molecule has 0 aromatic carbocycles. The number of Topliss-reactive ketones (excluding diaryl/α,β-unsaturated/α-hetero) is 1. The van der Waals surface area contributed by atoms with Crippen molar-refractivity contribution >= 4 is 11.8 Å². The Bertz CT molecular complexity index is 448. The molecule has 3 heteroatoms. The van der Waals surface area contributed by atoms with Gasteiger partial charge in [-0.15, -0.1) is 0 Å². The van der Waals surface area contributed by atoms with Crippen molar-refractivity contribution in [3.63, 3.8) is 0 Å². The van der Waals surface area contributed by atoms with Gasteiger partial charge in [0.2, 0.25) is 0 Å². The summed E-state index contributed by atoms with van der Waals surface area (Å²) in [6, 6.07) is 0. The summed E-state index contributed by atoms with van der Waals surface area (Å²) in [6.45, 7) is 5.95. The highest BCUT2D eigenvalue weighted by Gasteiger charge is 2.30. The number of ether oxygens (including phenoxy) is 1. The van der Waals surface area contributed by atoms with Crippen molar-refractivity contribution in [3.8, 4) is 0 Å². The molecule has 0 heterocycles. The summed E-state index contributed by atoms with van der Waals surface area (Å²) in [4.78, 5) is 23.6. The zero-order valence-corrected chi connectivity index (χ0v) is 16.3. The van der Waals surface area contributed by atoms with Crippen LogP contribution in [0.1, 0.15) is 85.0 Å². The number of unbranched alkanes of at least 4 members (excludes halogenated alkanes) is 5. The molecule has 1 saturated carbocycles. The SMILES string of the molecule is CCCCCC/C=C/C1CCC(=O)C1/C=C\CCCC(=O)OC(C)C. The number of hydrogen-bond acceptors (Lipinski definition) is 3. The molecule has 1 rings (SSSR count). The molecule has 1 aliphatic rings. The topological polar surface area (TPSA) is 43.4 Å². The summed E-state index contributed by atoms with van der Waals surface area (Å²) in [7, 11) is 0. The van der Waals surface area contributed by atoms with Crippen LogP contribution in [0.15, 0.2) is 24.3 Å². The lowest BCUT2D eigenvalue weighted by atomic mass is 9.93. The van der Waals surface area contributed by atoms with E-state index in [-0.39, 0.29) is 18.0 Å². The summed E-state index contributed by atoms with van der Waals surface area (Å²) in [6.07, 6.45) is 18.6. The van der Waals surface area contributed by atoms with Crippen molar-refractivity contribution in [2.75, 3.05) is 0 Å². The molecule has 3 nitrogen and oxygen atoms in total. The normalized spacial score (nSPS) is 21.0. The van der Waals surface area contributed by atoms with Crippen LogP contribution < -0.4 is 0 Å². The van der Waals surface area contributed by atoms with Crippen LogP contribution in [0.2, 0.25) is 0 Å². The molecule has 0 amide bonds. The first kappa shape index (κ1) is 21.7.